The predicted molar refractivity (Wildman–Crippen MR) is 73.6 cm³/mol. The number of pyridine rings is 2. The van der Waals surface area contributed by atoms with Crippen LogP contribution in [-0.4, -0.2) is 20.9 Å². The van der Waals surface area contributed by atoms with Crippen molar-refractivity contribution in [3.8, 4) is 0 Å². The zero-order chi connectivity index (χ0) is 13.1. The molecule has 0 amide bonds. The van der Waals surface area contributed by atoms with Gasteiger partial charge in [-0.3, -0.25) is 14.7 Å². The molecule has 0 aliphatic heterocycles. The van der Waals surface area contributed by atoms with Gasteiger partial charge in [0.1, 0.15) is 0 Å². The van der Waals surface area contributed by atoms with Crippen LogP contribution in [0.5, 0.6) is 0 Å². The molecule has 0 radical (unpaired) electrons. The quantitative estimate of drug-likeness (QED) is 0.888. The van der Waals surface area contributed by atoms with Crippen LogP contribution in [0.15, 0.2) is 47.7 Å². The van der Waals surface area contributed by atoms with Gasteiger partial charge in [0.2, 0.25) is 5.56 Å². The summed E-state index contributed by atoms with van der Waals surface area (Å²) in [5.74, 6) is 0. The van der Waals surface area contributed by atoms with E-state index in [4.69, 9.17) is 0 Å². The Kier molecular flexibility index (Phi) is 3.42. The van der Waals surface area contributed by atoms with Gasteiger partial charge in [-0.2, -0.15) is 0 Å². The molecule has 4 heteroatoms. The average Bonchev–Trinajstić information content (AvgIpc) is 3.23. The van der Waals surface area contributed by atoms with Gasteiger partial charge < -0.3 is 4.98 Å². The third kappa shape index (κ3) is 3.29. The molecular weight excluding hydrogens is 238 g/mol. The van der Waals surface area contributed by atoms with Crippen molar-refractivity contribution in [3.63, 3.8) is 0 Å². The van der Waals surface area contributed by atoms with E-state index in [0.29, 0.717) is 6.04 Å². The minimum Gasteiger partial charge on any atom is -0.329 e. The topological polar surface area (TPSA) is 49.0 Å². The first kappa shape index (κ1) is 12.1. The molecule has 3 rings (SSSR count). The summed E-state index contributed by atoms with van der Waals surface area (Å²) in [6, 6.07) is 8.42. The molecule has 19 heavy (non-hydrogen) atoms. The van der Waals surface area contributed by atoms with Crippen LogP contribution in [-0.2, 0) is 13.1 Å². The van der Waals surface area contributed by atoms with E-state index in [1.807, 2.05) is 30.6 Å². The van der Waals surface area contributed by atoms with Gasteiger partial charge in [0, 0.05) is 43.8 Å². The Morgan fingerprint density at radius 2 is 1.89 bits per heavy atom. The molecule has 2 aromatic rings. The Balaban J connectivity index is 1.73. The zero-order valence-corrected chi connectivity index (χ0v) is 10.7. The summed E-state index contributed by atoms with van der Waals surface area (Å²) in [4.78, 5) is 20.5. The van der Waals surface area contributed by atoms with Crippen molar-refractivity contribution in [1.82, 2.24) is 14.9 Å². The van der Waals surface area contributed by atoms with E-state index in [1.165, 1.54) is 18.4 Å². The Morgan fingerprint density at radius 3 is 2.58 bits per heavy atom. The van der Waals surface area contributed by atoms with Gasteiger partial charge >= 0.3 is 0 Å². The molecule has 1 N–H and O–H groups in total. The first-order valence-corrected chi connectivity index (χ1v) is 6.62. The van der Waals surface area contributed by atoms with Crippen molar-refractivity contribution in [2.45, 2.75) is 32.0 Å². The average molecular weight is 255 g/mol. The molecule has 0 saturated heterocycles. The van der Waals surface area contributed by atoms with E-state index >= 15 is 0 Å². The van der Waals surface area contributed by atoms with Crippen LogP contribution in [0.3, 0.4) is 0 Å². The summed E-state index contributed by atoms with van der Waals surface area (Å²) < 4.78 is 0. The molecule has 0 atom stereocenters. The van der Waals surface area contributed by atoms with Crippen molar-refractivity contribution in [2.24, 2.45) is 0 Å². The summed E-state index contributed by atoms with van der Waals surface area (Å²) in [6.45, 7) is 1.75. The van der Waals surface area contributed by atoms with Gasteiger partial charge in [0.15, 0.2) is 0 Å². The number of aromatic amines is 1. The number of rotatable bonds is 5. The lowest BCUT2D eigenvalue weighted by Gasteiger charge is -2.22. The fraction of sp³-hybridized carbons (Fsp3) is 0.333. The normalized spacial score (nSPS) is 14.8. The van der Waals surface area contributed by atoms with E-state index in [2.05, 4.69) is 14.9 Å². The Bertz CT molecular complexity index is 590. The van der Waals surface area contributed by atoms with Crippen molar-refractivity contribution in [3.05, 3.63) is 64.3 Å². The maximum absolute atomic E-state index is 11.3. The highest BCUT2D eigenvalue weighted by molar-refractivity contribution is 5.13. The summed E-state index contributed by atoms with van der Waals surface area (Å²) in [6.07, 6.45) is 7.89. The second-order valence-electron chi connectivity index (χ2n) is 5.05. The highest BCUT2D eigenvalue weighted by Crippen LogP contribution is 2.29. The van der Waals surface area contributed by atoms with E-state index in [1.54, 1.807) is 12.3 Å². The fourth-order valence-corrected chi connectivity index (χ4v) is 2.30. The molecule has 4 nitrogen and oxygen atoms in total. The Hall–Kier alpha value is -1.94. The number of aromatic nitrogens is 2. The molecule has 0 unspecified atom stereocenters. The fourth-order valence-electron chi connectivity index (χ4n) is 2.30. The molecule has 0 bridgehead atoms. The smallest absolute Gasteiger partial charge is 0.248 e. The number of nitrogens with one attached hydrogen (secondary N) is 1. The lowest BCUT2D eigenvalue weighted by molar-refractivity contribution is 0.245. The van der Waals surface area contributed by atoms with Gasteiger partial charge in [-0.25, -0.2) is 0 Å². The molecule has 2 heterocycles. The van der Waals surface area contributed by atoms with Crippen molar-refractivity contribution >= 4 is 0 Å². The van der Waals surface area contributed by atoms with Gasteiger partial charge in [0.25, 0.3) is 0 Å². The van der Waals surface area contributed by atoms with Crippen molar-refractivity contribution in [2.75, 3.05) is 0 Å². The lowest BCUT2D eigenvalue weighted by Crippen LogP contribution is -2.25. The standard InChI is InChI=1S/C15H17N3O/c19-15-9-13(5-8-17-15)11-18(14-1-2-14)10-12-3-6-16-7-4-12/h3-9,14H,1-2,10-11H2,(H,17,19). The van der Waals surface area contributed by atoms with Crippen molar-refractivity contribution in [1.29, 1.82) is 0 Å². The highest BCUT2D eigenvalue weighted by atomic mass is 16.1. The Labute approximate surface area is 112 Å². The molecule has 1 fully saturated rings. The summed E-state index contributed by atoms with van der Waals surface area (Å²) in [7, 11) is 0. The maximum Gasteiger partial charge on any atom is 0.248 e. The molecular formula is C15H17N3O. The largest absolute Gasteiger partial charge is 0.329 e. The van der Waals surface area contributed by atoms with Gasteiger partial charge in [0.05, 0.1) is 0 Å². The number of nitrogens with zero attached hydrogens (tertiary/aromatic N) is 2. The van der Waals surface area contributed by atoms with Crippen molar-refractivity contribution < 1.29 is 0 Å². The van der Waals surface area contributed by atoms with E-state index in [-0.39, 0.29) is 5.56 Å². The Morgan fingerprint density at radius 1 is 1.16 bits per heavy atom. The van der Waals surface area contributed by atoms with E-state index in [9.17, 15) is 4.79 Å². The third-order valence-corrected chi connectivity index (χ3v) is 3.42. The summed E-state index contributed by atoms with van der Waals surface area (Å²) in [5, 5.41) is 0. The van der Waals surface area contributed by atoms with E-state index < -0.39 is 0 Å². The number of H-pyrrole nitrogens is 1. The second kappa shape index (κ2) is 5.36. The third-order valence-electron chi connectivity index (χ3n) is 3.42. The lowest BCUT2D eigenvalue weighted by atomic mass is 10.2. The molecule has 1 aliphatic rings. The van der Waals surface area contributed by atoms with Crippen LogP contribution < -0.4 is 5.56 Å². The van der Waals surface area contributed by atoms with Gasteiger partial charge in [-0.05, 0) is 42.2 Å². The van der Waals surface area contributed by atoms with Crippen LogP contribution in [0, 0.1) is 0 Å². The highest BCUT2D eigenvalue weighted by Gasteiger charge is 2.28. The van der Waals surface area contributed by atoms with E-state index in [0.717, 1.165) is 18.7 Å². The molecule has 1 aliphatic carbocycles. The zero-order valence-electron chi connectivity index (χ0n) is 10.7. The SMILES string of the molecule is O=c1cc(CN(Cc2ccncc2)C2CC2)cc[nH]1. The van der Waals surface area contributed by atoms with Crippen LogP contribution in [0.1, 0.15) is 24.0 Å². The van der Waals surface area contributed by atoms with Crippen LogP contribution >= 0.6 is 0 Å². The van der Waals surface area contributed by atoms with Crippen LogP contribution in [0.25, 0.3) is 0 Å². The molecule has 0 aromatic carbocycles. The molecule has 98 valence electrons. The molecule has 0 spiro atoms. The minimum absolute atomic E-state index is 0.0304. The van der Waals surface area contributed by atoms with Gasteiger partial charge in [-0.15, -0.1) is 0 Å². The van der Waals surface area contributed by atoms with Gasteiger partial charge in [-0.1, -0.05) is 0 Å². The molecule has 1 saturated carbocycles. The number of hydrogen-bond donors (Lipinski definition) is 1. The second-order valence-corrected chi connectivity index (χ2v) is 5.05. The number of hydrogen-bond acceptors (Lipinski definition) is 3. The summed E-state index contributed by atoms with van der Waals surface area (Å²) >= 11 is 0. The van der Waals surface area contributed by atoms with Crippen LogP contribution in [0.4, 0.5) is 0 Å². The first-order chi connectivity index (χ1) is 9.31. The minimum atomic E-state index is -0.0304. The first-order valence-electron chi connectivity index (χ1n) is 6.62. The van der Waals surface area contributed by atoms with Crippen LogP contribution in [0.2, 0.25) is 0 Å². The summed E-state index contributed by atoms with van der Waals surface area (Å²) in [5.41, 5.74) is 2.31. The molecule has 2 aromatic heterocycles. The maximum atomic E-state index is 11.3. The monoisotopic (exact) mass is 255 g/mol. The predicted octanol–water partition coefficient (Wildman–Crippen LogP) is 1.93.